The third-order valence-corrected chi connectivity index (χ3v) is 4.28. The number of fused-ring (bicyclic) bond motifs is 3. The zero-order chi connectivity index (χ0) is 13.5. The molecule has 0 saturated heterocycles. The average molecular weight is 263 g/mol. The highest BCUT2D eigenvalue weighted by Crippen LogP contribution is 2.36. The molecule has 0 bridgehead atoms. The lowest BCUT2D eigenvalue weighted by Gasteiger charge is -2.33. The van der Waals surface area contributed by atoms with E-state index in [1.807, 2.05) is 0 Å². The zero-order valence-electron chi connectivity index (χ0n) is 11.5. The van der Waals surface area contributed by atoms with Crippen molar-refractivity contribution in [2.24, 2.45) is 0 Å². The molecule has 2 nitrogen and oxygen atoms in total. The van der Waals surface area contributed by atoms with E-state index in [-0.39, 0.29) is 0 Å². The maximum Gasteiger partial charge on any atom is 0.134 e. The SMILES string of the molecule is CN1Cc2c(ccc3occc23)[C@@H](c2ccccc2)C1. The van der Waals surface area contributed by atoms with Gasteiger partial charge < -0.3 is 9.32 Å². The van der Waals surface area contributed by atoms with Crippen LogP contribution >= 0.6 is 0 Å². The first-order chi connectivity index (χ1) is 9.83. The van der Waals surface area contributed by atoms with Crippen LogP contribution in [0, 0.1) is 0 Å². The fourth-order valence-electron chi connectivity index (χ4n) is 3.34. The third-order valence-electron chi connectivity index (χ3n) is 4.28. The third kappa shape index (κ3) is 1.76. The highest BCUT2D eigenvalue weighted by atomic mass is 16.3. The molecule has 0 aliphatic carbocycles. The van der Waals surface area contributed by atoms with Gasteiger partial charge in [0, 0.05) is 24.4 Å². The second-order valence-electron chi connectivity index (χ2n) is 5.63. The van der Waals surface area contributed by atoms with Crippen molar-refractivity contribution in [3.63, 3.8) is 0 Å². The van der Waals surface area contributed by atoms with Gasteiger partial charge in [-0.3, -0.25) is 0 Å². The van der Waals surface area contributed by atoms with Crippen LogP contribution in [-0.2, 0) is 6.54 Å². The van der Waals surface area contributed by atoms with Crippen molar-refractivity contribution < 1.29 is 4.42 Å². The van der Waals surface area contributed by atoms with Crippen LogP contribution in [0.25, 0.3) is 11.0 Å². The van der Waals surface area contributed by atoms with Crippen LogP contribution < -0.4 is 0 Å². The molecule has 1 atom stereocenters. The van der Waals surface area contributed by atoms with Gasteiger partial charge >= 0.3 is 0 Å². The van der Waals surface area contributed by atoms with E-state index in [9.17, 15) is 0 Å². The van der Waals surface area contributed by atoms with E-state index in [1.54, 1.807) is 6.26 Å². The van der Waals surface area contributed by atoms with Crippen molar-refractivity contribution in [2.75, 3.05) is 13.6 Å². The van der Waals surface area contributed by atoms with Gasteiger partial charge in [-0.05, 0) is 35.9 Å². The van der Waals surface area contributed by atoms with Gasteiger partial charge in [0.1, 0.15) is 5.58 Å². The first kappa shape index (κ1) is 11.7. The summed E-state index contributed by atoms with van der Waals surface area (Å²) in [6.07, 6.45) is 1.79. The number of likely N-dealkylation sites (N-methyl/N-ethyl adjacent to an activating group) is 1. The summed E-state index contributed by atoms with van der Waals surface area (Å²) in [6.45, 7) is 2.07. The molecular formula is C18H17NO. The maximum absolute atomic E-state index is 5.54. The van der Waals surface area contributed by atoms with E-state index in [0.717, 1.165) is 18.7 Å². The minimum Gasteiger partial charge on any atom is -0.464 e. The molecule has 4 rings (SSSR count). The Hall–Kier alpha value is -2.06. The van der Waals surface area contributed by atoms with Crippen LogP contribution in [0.5, 0.6) is 0 Å². The van der Waals surface area contributed by atoms with Crippen molar-refractivity contribution in [3.05, 3.63) is 71.5 Å². The predicted octanol–water partition coefficient (Wildman–Crippen LogP) is 4.01. The summed E-state index contributed by atoms with van der Waals surface area (Å²) < 4.78 is 5.54. The molecule has 2 aromatic carbocycles. The maximum atomic E-state index is 5.54. The fraction of sp³-hybridized carbons (Fsp3) is 0.222. The number of furan rings is 1. The molecule has 0 amide bonds. The van der Waals surface area contributed by atoms with Crippen LogP contribution in [0.4, 0.5) is 0 Å². The monoisotopic (exact) mass is 263 g/mol. The normalized spacial score (nSPS) is 19.1. The lowest BCUT2D eigenvalue weighted by Crippen LogP contribution is -2.31. The molecule has 20 heavy (non-hydrogen) atoms. The van der Waals surface area contributed by atoms with Crippen molar-refractivity contribution in [3.8, 4) is 0 Å². The van der Waals surface area contributed by atoms with Crippen molar-refractivity contribution in [2.45, 2.75) is 12.5 Å². The number of hydrogen-bond donors (Lipinski definition) is 0. The highest BCUT2D eigenvalue weighted by Gasteiger charge is 2.26. The van der Waals surface area contributed by atoms with Gasteiger partial charge in [-0.15, -0.1) is 0 Å². The molecule has 0 unspecified atom stereocenters. The standard InChI is InChI=1S/C18H17NO/c1-19-11-16(13-5-3-2-4-6-13)14-7-8-18-15(9-10-20-18)17(14)12-19/h2-10,16H,11-12H2,1H3/t16-/m1/s1. The van der Waals surface area contributed by atoms with E-state index in [2.05, 4.69) is 60.5 Å². The molecule has 0 N–H and O–H groups in total. The van der Waals surface area contributed by atoms with Crippen LogP contribution in [0.15, 0.2) is 59.2 Å². The molecule has 0 fully saturated rings. The van der Waals surface area contributed by atoms with Crippen molar-refractivity contribution in [1.29, 1.82) is 0 Å². The number of nitrogens with zero attached hydrogens (tertiary/aromatic N) is 1. The van der Waals surface area contributed by atoms with Crippen LogP contribution in [-0.4, -0.2) is 18.5 Å². The lowest BCUT2D eigenvalue weighted by molar-refractivity contribution is 0.296. The molecule has 2 heterocycles. The van der Waals surface area contributed by atoms with Gasteiger partial charge in [0.15, 0.2) is 0 Å². The Morgan fingerprint density at radius 3 is 2.75 bits per heavy atom. The van der Waals surface area contributed by atoms with E-state index < -0.39 is 0 Å². The Labute approximate surface area is 118 Å². The van der Waals surface area contributed by atoms with E-state index in [0.29, 0.717) is 5.92 Å². The summed E-state index contributed by atoms with van der Waals surface area (Å²) in [4.78, 5) is 2.40. The first-order valence-electron chi connectivity index (χ1n) is 7.05. The van der Waals surface area contributed by atoms with E-state index in [4.69, 9.17) is 4.42 Å². The topological polar surface area (TPSA) is 16.4 Å². The molecule has 3 aromatic rings. The summed E-state index contributed by atoms with van der Waals surface area (Å²) in [5.41, 5.74) is 5.25. The lowest BCUT2D eigenvalue weighted by atomic mass is 9.84. The van der Waals surface area contributed by atoms with Crippen LogP contribution in [0.1, 0.15) is 22.6 Å². The van der Waals surface area contributed by atoms with Gasteiger partial charge in [0.25, 0.3) is 0 Å². The van der Waals surface area contributed by atoms with Gasteiger partial charge in [-0.1, -0.05) is 36.4 Å². The predicted molar refractivity (Wildman–Crippen MR) is 80.8 cm³/mol. The Bertz CT molecular complexity index is 744. The molecule has 100 valence electrons. The Balaban J connectivity index is 1.92. The second kappa shape index (κ2) is 4.50. The fourth-order valence-corrected chi connectivity index (χ4v) is 3.34. The minimum absolute atomic E-state index is 0.448. The average Bonchev–Trinajstić information content (AvgIpc) is 2.96. The molecule has 1 aliphatic heterocycles. The summed E-state index contributed by atoms with van der Waals surface area (Å²) in [5.74, 6) is 0.448. The Kier molecular flexibility index (Phi) is 2.64. The summed E-state index contributed by atoms with van der Waals surface area (Å²) in [5, 5.41) is 1.26. The molecule has 1 aromatic heterocycles. The first-order valence-corrected chi connectivity index (χ1v) is 7.05. The Morgan fingerprint density at radius 1 is 1.05 bits per heavy atom. The van der Waals surface area contributed by atoms with Crippen LogP contribution in [0.3, 0.4) is 0 Å². The van der Waals surface area contributed by atoms with Crippen LogP contribution in [0.2, 0.25) is 0 Å². The Morgan fingerprint density at radius 2 is 1.90 bits per heavy atom. The molecule has 1 aliphatic rings. The summed E-state index contributed by atoms with van der Waals surface area (Å²) in [7, 11) is 2.19. The largest absolute Gasteiger partial charge is 0.464 e. The van der Waals surface area contributed by atoms with Gasteiger partial charge in [-0.25, -0.2) is 0 Å². The van der Waals surface area contributed by atoms with Crippen molar-refractivity contribution >= 4 is 11.0 Å². The molecule has 0 spiro atoms. The van der Waals surface area contributed by atoms with Crippen molar-refractivity contribution in [1.82, 2.24) is 4.90 Å². The van der Waals surface area contributed by atoms with Gasteiger partial charge in [0.2, 0.25) is 0 Å². The van der Waals surface area contributed by atoms with E-state index in [1.165, 1.54) is 22.1 Å². The van der Waals surface area contributed by atoms with Gasteiger partial charge in [0.05, 0.1) is 6.26 Å². The second-order valence-corrected chi connectivity index (χ2v) is 5.63. The highest BCUT2D eigenvalue weighted by molar-refractivity contribution is 5.83. The van der Waals surface area contributed by atoms with Gasteiger partial charge in [-0.2, -0.15) is 0 Å². The molecule has 2 heteroatoms. The number of benzene rings is 2. The zero-order valence-corrected chi connectivity index (χ0v) is 11.5. The minimum atomic E-state index is 0.448. The quantitative estimate of drug-likeness (QED) is 0.659. The smallest absolute Gasteiger partial charge is 0.134 e. The van der Waals surface area contributed by atoms with E-state index >= 15 is 0 Å². The molecular weight excluding hydrogens is 246 g/mol. The number of hydrogen-bond acceptors (Lipinski definition) is 2. The summed E-state index contributed by atoms with van der Waals surface area (Å²) in [6, 6.07) is 17.2. The molecule has 0 radical (unpaired) electrons. The summed E-state index contributed by atoms with van der Waals surface area (Å²) >= 11 is 0. The number of rotatable bonds is 1. The molecule has 0 saturated carbocycles.